The summed E-state index contributed by atoms with van der Waals surface area (Å²) in [4.78, 5) is 20.4. The van der Waals surface area contributed by atoms with E-state index in [-0.39, 0.29) is 25.4 Å². The van der Waals surface area contributed by atoms with Crippen molar-refractivity contribution in [3.8, 4) is 0 Å². The number of hydrogen-bond acceptors (Lipinski definition) is 4. The predicted octanol–water partition coefficient (Wildman–Crippen LogP) is 3.78. The molecule has 0 radical (unpaired) electrons. The minimum absolute atomic E-state index is 0.0509. The number of amides is 1. The van der Waals surface area contributed by atoms with Crippen molar-refractivity contribution in [3.05, 3.63) is 53.6 Å². The summed E-state index contributed by atoms with van der Waals surface area (Å²) < 4.78 is 46.0. The minimum Gasteiger partial charge on any atom is -0.379 e. The lowest BCUT2D eigenvalue weighted by Crippen LogP contribution is -2.43. The molecule has 154 valence electrons. The number of anilines is 1. The van der Waals surface area contributed by atoms with Crippen LogP contribution in [0.5, 0.6) is 0 Å². The van der Waals surface area contributed by atoms with E-state index in [1.165, 1.54) is 24.5 Å². The van der Waals surface area contributed by atoms with Crippen molar-refractivity contribution in [1.29, 1.82) is 0 Å². The van der Waals surface area contributed by atoms with Crippen molar-refractivity contribution in [2.45, 2.75) is 12.6 Å². The molecule has 0 aromatic carbocycles. The fourth-order valence-electron chi connectivity index (χ4n) is 2.94. The lowest BCUT2D eigenvalue weighted by molar-refractivity contribution is -0.170. The van der Waals surface area contributed by atoms with Crippen LogP contribution in [-0.4, -0.2) is 46.4 Å². The summed E-state index contributed by atoms with van der Waals surface area (Å²) in [5.74, 6) is -1.95. The van der Waals surface area contributed by atoms with Crippen molar-refractivity contribution in [3.63, 3.8) is 0 Å². The number of pyridine rings is 2. The molecule has 3 rings (SSSR count). The molecule has 3 aromatic heterocycles. The first-order valence-electron chi connectivity index (χ1n) is 8.73. The number of rotatable bonds is 7. The van der Waals surface area contributed by atoms with Gasteiger partial charge in [0.1, 0.15) is 5.65 Å². The number of halogens is 4. The third kappa shape index (κ3) is 5.04. The fraction of sp³-hybridized carbons (Fsp3) is 0.316. The molecule has 0 saturated heterocycles. The first kappa shape index (κ1) is 21.1. The van der Waals surface area contributed by atoms with Crippen LogP contribution in [0.4, 0.5) is 18.9 Å². The Labute approximate surface area is 169 Å². The van der Waals surface area contributed by atoms with Crippen molar-refractivity contribution >= 4 is 34.2 Å². The Kier molecular flexibility index (Phi) is 6.39. The van der Waals surface area contributed by atoms with Crippen LogP contribution >= 0.6 is 11.6 Å². The second-order valence-electron chi connectivity index (χ2n) is 6.29. The van der Waals surface area contributed by atoms with Gasteiger partial charge in [0.2, 0.25) is 0 Å². The van der Waals surface area contributed by atoms with Gasteiger partial charge in [-0.05, 0) is 24.3 Å². The summed E-state index contributed by atoms with van der Waals surface area (Å²) in [5.41, 5.74) is 1.79. The lowest BCUT2D eigenvalue weighted by Gasteiger charge is -2.23. The summed E-state index contributed by atoms with van der Waals surface area (Å²) in [7, 11) is 1.87. The maximum absolute atomic E-state index is 12.9. The van der Waals surface area contributed by atoms with Crippen molar-refractivity contribution < 1.29 is 22.7 Å². The molecule has 0 spiro atoms. The molecule has 1 amide bonds. The molecule has 0 fully saturated rings. The monoisotopic (exact) mass is 426 g/mol. The second kappa shape index (κ2) is 8.79. The van der Waals surface area contributed by atoms with Crippen molar-refractivity contribution in [2.24, 2.45) is 7.05 Å². The zero-order valence-electron chi connectivity index (χ0n) is 15.5. The summed E-state index contributed by atoms with van der Waals surface area (Å²) >= 11 is 5.95. The van der Waals surface area contributed by atoms with Gasteiger partial charge in [-0.1, -0.05) is 11.6 Å². The predicted molar refractivity (Wildman–Crippen MR) is 103 cm³/mol. The third-order valence-corrected chi connectivity index (χ3v) is 4.55. The van der Waals surface area contributed by atoms with Crippen LogP contribution in [0.15, 0.2) is 42.9 Å². The van der Waals surface area contributed by atoms with E-state index >= 15 is 0 Å². The van der Waals surface area contributed by atoms with E-state index < -0.39 is 12.1 Å². The van der Waals surface area contributed by atoms with E-state index in [1.807, 2.05) is 23.7 Å². The van der Waals surface area contributed by atoms with Gasteiger partial charge in [-0.2, -0.15) is 13.2 Å². The van der Waals surface area contributed by atoms with E-state index in [9.17, 15) is 18.0 Å². The Bertz CT molecular complexity index is 992. The Hall–Kier alpha value is -2.65. The molecule has 0 unspecified atom stereocenters. The van der Waals surface area contributed by atoms with Gasteiger partial charge in [-0.3, -0.25) is 9.78 Å². The van der Waals surface area contributed by atoms with Gasteiger partial charge in [-0.25, -0.2) is 4.98 Å². The van der Waals surface area contributed by atoms with Gasteiger partial charge in [0.15, 0.2) is 0 Å². The molecule has 0 bridgehead atoms. The highest BCUT2D eigenvalue weighted by atomic mass is 35.5. The number of aryl methyl sites for hydroxylation is 1. The number of hydrogen-bond donors (Lipinski definition) is 0. The molecule has 3 heterocycles. The standard InChI is InChI=1S/C19H18ClF3N4O2/c1-26-15(10-13-9-14(20)11-25-17(13)26)4-7-29-8-6-27(18(28)19(21,22)23)16-3-2-5-24-12-16/h2-3,5,9-12H,4,6-8H2,1H3. The topological polar surface area (TPSA) is 60.2 Å². The molecule has 0 aliphatic heterocycles. The van der Waals surface area contributed by atoms with Crippen LogP contribution in [0.3, 0.4) is 0 Å². The number of alkyl halides is 3. The van der Waals surface area contributed by atoms with Crippen LogP contribution in [-0.2, 0) is 23.0 Å². The third-order valence-electron chi connectivity index (χ3n) is 4.34. The van der Waals surface area contributed by atoms with Crippen molar-refractivity contribution in [2.75, 3.05) is 24.7 Å². The van der Waals surface area contributed by atoms with Crippen LogP contribution in [0.25, 0.3) is 11.0 Å². The first-order valence-corrected chi connectivity index (χ1v) is 9.11. The Morgan fingerprint density at radius 2 is 2.07 bits per heavy atom. The quantitative estimate of drug-likeness (QED) is 0.539. The van der Waals surface area contributed by atoms with Gasteiger partial charge in [0.25, 0.3) is 0 Å². The Morgan fingerprint density at radius 3 is 2.76 bits per heavy atom. The summed E-state index contributed by atoms with van der Waals surface area (Å²) in [6, 6.07) is 6.60. The molecule has 10 heteroatoms. The highest BCUT2D eigenvalue weighted by molar-refractivity contribution is 6.31. The molecule has 0 atom stereocenters. The zero-order chi connectivity index (χ0) is 21.0. The largest absolute Gasteiger partial charge is 0.471 e. The highest BCUT2D eigenvalue weighted by Gasteiger charge is 2.43. The van der Waals surface area contributed by atoms with Crippen LogP contribution in [0.2, 0.25) is 5.02 Å². The SMILES string of the molecule is Cn1c(CCOCCN(C(=O)C(F)(F)F)c2cccnc2)cc2cc(Cl)cnc21. The second-order valence-corrected chi connectivity index (χ2v) is 6.73. The molecule has 3 aromatic rings. The lowest BCUT2D eigenvalue weighted by atomic mass is 10.3. The van der Waals surface area contributed by atoms with Crippen molar-refractivity contribution in [1.82, 2.24) is 14.5 Å². The van der Waals surface area contributed by atoms with E-state index in [0.29, 0.717) is 16.3 Å². The van der Waals surface area contributed by atoms with Gasteiger partial charge in [0, 0.05) is 43.5 Å². The molecule has 0 saturated carbocycles. The van der Waals surface area contributed by atoms with Gasteiger partial charge in [-0.15, -0.1) is 0 Å². The fourth-order valence-corrected chi connectivity index (χ4v) is 3.10. The minimum atomic E-state index is -4.98. The number of carbonyl (C=O) groups excluding carboxylic acids is 1. The van der Waals surface area contributed by atoms with Crippen LogP contribution in [0, 0.1) is 0 Å². The number of carbonyl (C=O) groups is 1. The Morgan fingerprint density at radius 1 is 1.28 bits per heavy atom. The van der Waals surface area contributed by atoms with E-state index in [1.54, 1.807) is 6.20 Å². The normalized spacial score (nSPS) is 11.8. The molecule has 6 nitrogen and oxygen atoms in total. The average Bonchev–Trinajstić information content (AvgIpc) is 2.99. The molecular formula is C19H18ClF3N4O2. The molecule has 0 aliphatic rings. The maximum Gasteiger partial charge on any atom is 0.471 e. The Balaban J connectivity index is 1.58. The summed E-state index contributed by atoms with van der Waals surface area (Å²) in [6.07, 6.45) is -0.258. The zero-order valence-corrected chi connectivity index (χ0v) is 16.2. The number of ether oxygens (including phenoxy) is 1. The number of fused-ring (bicyclic) bond motifs is 1. The number of nitrogens with zero attached hydrogens (tertiary/aromatic N) is 4. The molecule has 0 aliphatic carbocycles. The maximum atomic E-state index is 12.9. The molecule has 0 N–H and O–H groups in total. The summed E-state index contributed by atoms with van der Waals surface area (Å²) in [5, 5.41) is 1.43. The van der Waals surface area contributed by atoms with Gasteiger partial charge >= 0.3 is 12.1 Å². The van der Waals surface area contributed by atoms with Gasteiger partial charge < -0.3 is 14.2 Å². The molecule has 29 heavy (non-hydrogen) atoms. The van der Waals surface area contributed by atoms with Gasteiger partial charge in [0.05, 0.1) is 30.1 Å². The molecular weight excluding hydrogens is 409 g/mol. The summed E-state index contributed by atoms with van der Waals surface area (Å²) in [6.45, 7) is -0.0139. The van der Waals surface area contributed by atoms with E-state index in [0.717, 1.165) is 16.7 Å². The smallest absolute Gasteiger partial charge is 0.379 e. The van der Waals surface area contributed by atoms with E-state index in [4.69, 9.17) is 16.3 Å². The van der Waals surface area contributed by atoms with Crippen LogP contribution in [0.1, 0.15) is 5.69 Å². The highest BCUT2D eigenvalue weighted by Crippen LogP contribution is 2.23. The average molecular weight is 427 g/mol. The first-order chi connectivity index (χ1) is 13.8. The van der Waals surface area contributed by atoms with Crippen LogP contribution < -0.4 is 4.90 Å². The number of aromatic nitrogens is 3. The van der Waals surface area contributed by atoms with E-state index in [2.05, 4.69) is 9.97 Å².